The van der Waals surface area contributed by atoms with Gasteiger partial charge in [0.2, 0.25) is 5.91 Å². The highest BCUT2D eigenvalue weighted by Crippen LogP contribution is 2.26. The lowest BCUT2D eigenvalue weighted by atomic mass is 9.97. The predicted molar refractivity (Wildman–Crippen MR) is 120 cm³/mol. The van der Waals surface area contributed by atoms with E-state index in [1.54, 1.807) is 0 Å². The van der Waals surface area contributed by atoms with Crippen LogP contribution < -0.4 is 16.0 Å². The minimum atomic E-state index is -0.238. The molecule has 0 radical (unpaired) electrons. The van der Waals surface area contributed by atoms with Crippen molar-refractivity contribution < 1.29 is 9.59 Å². The molecule has 4 rings (SSSR count). The molecule has 1 aliphatic rings. The lowest BCUT2D eigenvalue weighted by Crippen LogP contribution is -2.41. The lowest BCUT2D eigenvalue weighted by molar-refractivity contribution is -0.122. The normalized spacial score (nSPS) is 17.5. The number of carbonyl (C=O) groups is 2. The van der Waals surface area contributed by atoms with Crippen molar-refractivity contribution in [2.45, 2.75) is 25.8 Å². The Balaban J connectivity index is 1.45. The Morgan fingerprint density at radius 3 is 2.53 bits per heavy atom. The summed E-state index contributed by atoms with van der Waals surface area (Å²) in [5.74, 6) is -0.447. The van der Waals surface area contributed by atoms with Gasteiger partial charge in [0.05, 0.1) is 12.0 Å². The number of carbonyl (C=O) groups excluding carboxylic acids is 2. The van der Waals surface area contributed by atoms with Gasteiger partial charge in [-0.05, 0) is 60.4 Å². The molecule has 5 nitrogen and oxygen atoms in total. The van der Waals surface area contributed by atoms with Gasteiger partial charge < -0.3 is 16.0 Å². The second-order valence-electron chi connectivity index (χ2n) is 8.00. The SMILES string of the molecule is C[C@H](NC(=O)c1ccc(N2CCC[C@H](C(N)=O)C2)cc1)c1cccc2ccccc12. The van der Waals surface area contributed by atoms with E-state index in [9.17, 15) is 9.59 Å². The van der Waals surface area contributed by atoms with Gasteiger partial charge in [-0.1, -0.05) is 42.5 Å². The highest BCUT2D eigenvalue weighted by atomic mass is 16.2. The molecule has 5 heteroatoms. The van der Waals surface area contributed by atoms with Crippen LogP contribution in [0.4, 0.5) is 5.69 Å². The number of primary amides is 1. The molecule has 3 aromatic rings. The molecular formula is C25H27N3O2. The van der Waals surface area contributed by atoms with E-state index in [2.05, 4.69) is 34.5 Å². The van der Waals surface area contributed by atoms with Gasteiger partial charge in [-0.25, -0.2) is 0 Å². The number of hydrogen-bond acceptors (Lipinski definition) is 3. The summed E-state index contributed by atoms with van der Waals surface area (Å²) in [5, 5.41) is 5.43. The number of piperidine rings is 1. The van der Waals surface area contributed by atoms with Crippen LogP contribution in [0.25, 0.3) is 10.8 Å². The number of benzene rings is 3. The maximum Gasteiger partial charge on any atom is 0.251 e. The molecule has 2 amide bonds. The third kappa shape index (κ3) is 4.15. The monoisotopic (exact) mass is 401 g/mol. The fourth-order valence-electron chi connectivity index (χ4n) is 4.25. The zero-order valence-electron chi connectivity index (χ0n) is 17.2. The summed E-state index contributed by atoms with van der Waals surface area (Å²) < 4.78 is 0. The highest BCUT2D eigenvalue weighted by Gasteiger charge is 2.24. The first-order chi connectivity index (χ1) is 14.5. The third-order valence-electron chi connectivity index (χ3n) is 5.96. The van der Waals surface area contributed by atoms with E-state index in [0.717, 1.165) is 41.4 Å². The van der Waals surface area contributed by atoms with E-state index in [1.165, 1.54) is 0 Å². The molecule has 0 bridgehead atoms. The Labute approximate surface area is 176 Å². The van der Waals surface area contributed by atoms with Crippen molar-refractivity contribution in [3.63, 3.8) is 0 Å². The quantitative estimate of drug-likeness (QED) is 0.678. The summed E-state index contributed by atoms with van der Waals surface area (Å²) >= 11 is 0. The van der Waals surface area contributed by atoms with Crippen LogP contribution in [0, 0.1) is 5.92 Å². The number of hydrogen-bond donors (Lipinski definition) is 2. The number of fused-ring (bicyclic) bond motifs is 1. The van der Waals surface area contributed by atoms with Crippen molar-refractivity contribution >= 4 is 28.3 Å². The van der Waals surface area contributed by atoms with E-state index in [4.69, 9.17) is 5.73 Å². The Morgan fingerprint density at radius 1 is 1.03 bits per heavy atom. The molecule has 1 saturated heterocycles. The molecule has 0 aromatic heterocycles. The zero-order valence-corrected chi connectivity index (χ0v) is 17.2. The van der Waals surface area contributed by atoms with E-state index < -0.39 is 0 Å². The van der Waals surface area contributed by atoms with Gasteiger partial charge in [0.15, 0.2) is 0 Å². The van der Waals surface area contributed by atoms with Crippen molar-refractivity contribution in [2.24, 2.45) is 11.7 Å². The maximum absolute atomic E-state index is 12.8. The van der Waals surface area contributed by atoms with Gasteiger partial charge in [-0.15, -0.1) is 0 Å². The van der Waals surface area contributed by atoms with E-state index >= 15 is 0 Å². The molecule has 0 spiro atoms. The molecule has 3 N–H and O–H groups in total. The Bertz CT molecular complexity index is 1060. The first-order valence-corrected chi connectivity index (χ1v) is 10.5. The summed E-state index contributed by atoms with van der Waals surface area (Å²) in [6.45, 7) is 3.54. The number of anilines is 1. The Hall–Kier alpha value is -3.34. The summed E-state index contributed by atoms with van der Waals surface area (Å²) in [5.41, 5.74) is 8.22. The third-order valence-corrected chi connectivity index (χ3v) is 5.96. The largest absolute Gasteiger partial charge is 0.371 e. The fourth-order valence-corrected chi connectivity index (χ4v) is 4.25. The summed E-state index contributed by atoms with van der Waals surface area (Å²) in [4.78, 5) is 26.5. The fraction of sp³-hybridized carbons (Fsp3) is 0.280. The van der Waals surface area contributed by atoms with Gasteiger partial charge in [-0.3, -0.25) is 9.59 Å². The van der Waals surface area contributed by atoms with Crippen LogP contribution in [0.1, 0.15) is 41.7 Å². The van der Waals surface area contributed by atoms with Crippen molar-refractivity contribution in [2.75, 3.05) is 18.0 Å². The molecule has 0 saturated carbocycles. The van der Waals surface area contributed by atoms with Crippen molar-refractivity contribution in [3.05, 3.63) is 77.9 Å². The van der Waals surface area contributed by atoms with Gasteiger partial charge in [-0.2, -0.15) is 0 Å². The molecule has 3 aromatic carbocycles. The molecule has 1 aliphatic heterocycles. The molecule has 0 aliphatic carbocycles. The molecule has 154 valence electrons. The van der Waals surface area contributed by atoms with Crippen LogP contribution in [-0.2, 0) is 4.79 Å². The minimum absolute atomic E-state index is 0.101. The molecule has 1 heterocycles. The van der Waals surface area contributed by atoms with E-state index in [1.807, 2.05) is 49.4 Å². The van der Waals surface area contributed by atoms with E-state index in [-0.39, 0.29) is 23.8 Å². The number of nitrogens with one attached hydrogen (secondary N) is 1. The van der Waals surface area contributed by atoms with Crippen molar-refractivity contribution in [1.82, 2.24) is 5.32 Å². The summed E-state index contributed by atoms with van der Waals surface area (Å²) in [7, 11) is 0. The average Bonchev–Trinajstić information content (AvgIpc) is 2.78. The minimum Gasteiger partial charge on any atom is -0.371 e. The van der Waals surface area contributed by atoms with Gasteiger partial charge >= 0.3 is 0 Å². The number of rotatable bonds is 5. The van der Waals surface area contributed by atoms with Gasteiger partial charge in [0.25, 0.3) is 5.91 Å². The first-order valence-electron chi connectivity index (χ1n) is 10.5. The average molecular weight is 402 g/mol. The maximum atomic E-state index is 12.8. The number of nitrogens with zero attached hydrogens (tertiary/aromatic N) is 1. The first kappa shape index (κ1) is 20.0. The molecular weight excluding hydrogens is 374 g/mol. The van der Waals surface area contributed by atoms with Crippen molar-refractivity contribution in [3.8, 4) is 0 Å². The summed E-state index contributed by atoms with van der Waals surface area (Å²) in [6, 6.07) is 21.8. The van der Waals surface area contributed by atoms with E-state index in [0.29, 0.717) is 12.1 Å². The second-order valence-corrected chi connectivity index (χ2v) is 8.00. The highest BCUT2D eigenvalue weighted by molar-refractivity contribution is 5.95. The van der Waals surface area contributed by atoms with Crippen LogP contribution in [0.3, 0.4) is 0 Å². The Morgan fingerprint density at radius 2 is 1.77 bits per heavy atom. The lowest BCUT2D eigenvalue weighted by Gasteiger charge is -2.33. The summed E-state index contributed by atoms with van der Waals surface area (Å²) in [6.07, 6.45) is 1.79. The second kappa shape index (κ2) is 8.57. The van der Waals surface area contributed by atoms with Crippen LogP contribution in [-0.4, -0.2) is 24.9 Å². The zero-order chi connectivity index (χ0) is 21.1. The van der Waals surface area contributed by atoms with Crippen molar-refractivity contribution in [1.29, 1.82) is 0 Å². The molecule has 30 heavy (non-hydrogen) atoms. The van der Waals surface area contributed by atoms with Crippen LogP contribution >= 0.6 is 0 Å². The molecule has 0 unspecified atom stereocenters. The molecule has 1 fully saturated rings. The Kier molecular flexibility index (Phi) is 5.70. The predicted octanol–water partition coefficient (Wildman–Crippen LogP) is 4.03. The van der Waals surface area contributed by atoms with Crippen LogP contribution in [0.15, 0.2) is 66.7 Å². The van der Waals surface area contributed by atoms with Crippen LogP contribution in [0.5, 0.6) is 0 Å². The smallest absolute Gasteiger partial charge is 0.251 e. The number of nitrogens with two attached hydrogens (primary N) is 1. The van der Waals surface area contributed by atoms with Gasteiger partial charge in [0, 0.05) is 24.3 Å². The standard InChI is InChI=1S/C25H27N3O2/c1-17(22-10-4-7-18-6-2-3-9-23(18)22)27-25(30)19-11-13-21(14-12-19)28-15-5-8-20(16-28)24(26)29/h2-4,6-7,9-14,17,20H,5,8,15-16H2,1H3,(H2,26,29)(H,27,30)/t17-,20-/m0/s1. The van der Waals surface area contributed by atoms with Gasteiger partial charge in [0.1, 0.15) is 0 Å². The molecule has 2 atom stereocenters. The topological polar surface area (TPSA) is 75.4 Å². The van der Waals surface area contributed by atoms with Crippen LogP contribution in [0.2, 0.25) is 0 Å². The number of amides is 2.